The third-order valence-corrected chi connectivity index (χ3v) is 5.24. The zero-order valence-corrected chi connectivity index (χ0v) is 13.5. The Morgan fingerprint density at radius 1 is 1.40 bits per heavy atom. The molecule has 0 unspecified atom stereocenters. The lowest BCUT2D eigenvalue weighted by atomic mass is 10.1. The summed E-state index contributed by atoms with van der Waals surface area (Å²) in [5.74, 6) is -0.0733. The number of nitrogens with one attached hydrogen (secondary N) is 1. The first-order chi connectivity index (χ1) is 9.28. The van der Waals surface area contributed by atoms with Crippen LogP contribution < -0.4 is 10.2 Å². The van der Waals surface area contributed by atoms with E-state index in [0.717, 1.165) is 5.69 Å². The lowest BCUT2D eigenvalue weighted by molar-refractivity contribution is -0.125. The number of rotatable bonds is 5. The third kappa shape index (κ3) is 2.89. The summed E-state index contributed by atoms with van der Waals surface area (Å²) in [5.41, 5.74) is 0.470. The minimum atomic E-state index is -0.911. The van der Waals surface area contributed by atoms with Gasteiger partial charge in [0.15, 0.2) is 0 Å². The van der Waals surface area contributed by atoms with Crippen LogP contribution in [0.15, 0.2) is 30.3 Å². The maximum Gasteiger partial charge on any atom is 0.229 e. The maximum absolute atomic E-state index is 12.1. The number of carbonyl (C=O) groups is 1. The molecule has 3 nitrogen and oxygen atoms in total. The topological polar surface area (TPSA) is 32.3 Å². The maximum atomic E-state index is 12.1. The van der Waals surface area contributed by atoms with Crippen molar-refractivity contribution in [3.63, 3.8) is 0 Å². The van der Waals surface area contributed by atoms with E-state index in [9.17, 15) is 4.79 Å². The van der Waals surface area contributed by atoms with Gasteiger partial charge in [0.25, 0.3) is 0 Å². The molecule has 110 valence electrons. The summed E-state index contributed by atoms with van der Waals surface area (Å²) in [6, 6.07) is 10.3. The Hall–Kier alpha value is -0.930. The molecule has 1 aromatic rings. The Kier molecular flexibility index (Phi) is 4.22. The zero-order chi connectivity index (χ0) is 15.0. The van der Waals surface area contributed by atoms with Crippen LogP contribution in [0, 0.1) is 5.41 Å². The molecule has 1 saturated carbocycles. The van der Waals surface area contributed by atoms with E-state index in [2.05, 4.69) is 17.1 Å². The van der Waals surface area contributed by atoms with Crippen LogP contribution in [0.2, 0.25) is 0 Å². The average molecular weight is 315 g/mol. The van der Waals surface area contributed by atoms with Crippen LogP contribution in [-0.4, -0.2) is 29.9 Å². The van der Waals surface area contributed by atoms with Gasteiger partial charge >= 0.3 is 0 Å². The van der Waals surface area contributed by atoms with Crippen LogP contribution in [0.25, 0.3) is 0 Å². The van der Waals surface area contributed by atoms with Crippen LogP contribution in [0.5, 0.6) is 0 Å². The number of amides is 1. The SMILES string of the molecule is C[C@H](CNC(=O)[C@]1(C)CC1(Cl)Cl)N(C)c1ccccc1. The highest BCUT2D eigenvalue weighted by molar-refractivity contribution is 6.53. The predicted octanol–water partition coefficient (Wildman–Crippen LogP) is 3.21. The molecular weight excluding hydrogens is 295 g/mol. The standard InChI is InChI=1S/C15H20Cl2N2O/c1-11(19(3)12-7-5-4-6-8-12)9-18-13(20)14(2)10-15(14,16)17/h4-8,11H,9-10H2,1-3H3,(H,18,20)/t11-,14+/m1/s1. The van der Waals surface area contributed by atoms with Gasteiger partial charge in [-0.2, -0.15) is 0 Å². The van der Waals surface area contributed by atoms with Gasteiger partial charge in [0.1, 0.15) is 4.33 Å². The van der Waals surface area contributed by atoms with Crippen molar-refractivity contribution in [2.45, 2.75) is 30.6 Å². The summed E-state index contributed by atoms with van der Waals surface area (Å²) in [7, 11) is 2.01. The van der Waals surface area contributed by atoms with Crippen molar-refractivity contribution in [1.29, 1.82) is 0 Å². The van der Waals surface area contributed by atoms with Crippen LogP contribution >= 0.6 is 23.2 Å². The van der Waals surface area contributed by atoms with E-state index < -0.39 is 9.75 Å². The highest BCUT2D eigenvalue weighted by atomic mass is 35.5. The van der Waals surface area contributed by atoms with Gasteiger partial charge in [0, 0.05) is 25.3 Å². The fourth-order valence-electron chi connectivity index (χ4n) is 2.14. The number of alkyl halides is 2. The number of halogens is 2. The van der Waals surface area contributed by atoms with Crippen molar-refractivity contribution in [1.82, 2.24) is 5.32 Å². The minimum Gasteiger partial charge on any atom is -0.370 e. The molecule has 1 fully saturated rings. The normalized spacial score (nSPS) is 24.9. The number of para-hydroxylation sites is 1. The number of hydrogen-bond acceptors (Lipinski definition) is 2. The van der Waals surface area contributed by atoms with Gasteiger partial charge < -0.3 is 10.2 Å². The molecule has 5 heteroatoms. The molecular formula is C15H20Cl2N2O. The Morgan fingerprint density at radius 2 is 1.95 bits per heavy atom. The Labute approximate surface area is 130 Å². The Balaban J connectivity index is 1.87. The fourth-order valence-corrected chi connectivity index (χ4v) is 2.84. The second-order valence-corrected chi connectivity index (χ2v) is 7.20. The van der Waals surface area contributed by atoms with Gasteiger partial charge in [0.2, 0.25) is 5.91 Å². The van der Waals surface area contributed by atoms with Gasteiger partial charge in [0.05, 0.1) is 5.41 Å². The fraction of sp³-hybridized carbons (Fsp3) is 0.533. The van der Waals surface area contributed by atoms with Gasteiger partial charge in [-0.1, -0.05) is 18.2 Å². The van der Waals surface area contributed by atoms with Crippen molar-refractivity contribution in [2.75, 3.05) is 18.5 Å². The number of likely N-dealkylation sites (N-methyl/N-ethyl adjacent to an activating group) is 1. The van der Waals surface area contributed by atoms with Crippen molar-refractivity contribution in [3.05, 3.63) is 30.3 Å². The molecule has 0 aliphatic heterocycles. The van der Waals surface area contributed by atoms with E-state index in [1.165, 1.54) is 0 Å². The van der Waals surface area contributed by atoms with E-state index in [1.807, 2.05) is 37.4 Å². The van der Waals surface area contributed by atoms with E-state index in [-0.39, 0.29) is 11.9 Å². The third-order valence-electron chi connectivity index (χ3n) is 4.14. The van der Waals surface area contributed by atoms with Crippen LogP contribution in [0.3, 0.4) is 0 Å². The molecule has 0 heterocycles. The molecule has 0 spiro atoms. The van der Waals surface area contributed by atoms with E-state index >= 15 is 0 Å². The smallest absolute Gasteiger partial charge is 0.229 e. The summed E-state index contributed by atoms with van der Waals surface area (Å²) in [5, 5.41) is 2.94. The van der Waals surface area contributed by atoms with Crippen molar-refractivity contribution in [2.24, 2.45) is 5.41 Å². The molecule has 1 aliphatic rings. The van der Waals surface area contributed by atoms with Crippen LogP contribution in [0.4, 0.5) is 5.69 Å². The van der Waals surface area contributed by atoms with E-state index in [1.54, 1.807) is 6.92 Å². The van der Waals surface area contributed by atoms with E-state index in [0.29, 0.717) is 13.0 Å². The largest absolute Gasteiger partial charge is 0.370 e. The molecule has 1 aliphatic carbocycles. The summed E-state index contributed by atoms with van der Waals surface area (Å²) >= 11 is 12.0. The molecule has 2 atom stereocenters. The number of hydrogen-bond donors (Lipinski definition) is 1. The molecule has 0 radical (unpaired) electrons. The van der Waals surface area contributed by atoms with Gasteiger partial charge in [-0.15, -0.1) is 23.2 Å². The highest BCUT2D eigenvalue weighted by Gasteiger charge is 2.67. The average Bonchev–Trinajstić information content (AvgIpc) is 2.96. The summed E-state index contributed by atoms with van der Waals surface area (Å²) < 4.78 is -0.911. The number of carbonyl (C=O) groups excluding carboxylic acids is 1. The van der Waals surface area contributed by atoms with Gasteiger partial charge in [-0.3, -0.25) is 4.79 Å². The summed E-state index contributed by atoms with van der Waals surface area (Å²) in [4.78, 5) is 14.2. The highest BCUT2D eigenvalue weighted by Crippen LogP contribution is 2.63. The first kappa shape index (κ1) is 15.5. The quantitative estimate of drug-likeness (QED) is 0.846. The minimum absolute atomic E-state index is 0.0733. The van der Waals surface area contributed by atoms with Crippen molar-refractivity contribution in [3.8, 4) is 0 Å². The molecule has 0 bridgehead atoms. The zero-order valence-electron chi connectivity index (χ0n) is 12.0. The molecule has 1 amide bonds. The number of nitrogens with zero attached hydrogens (tertiary/aromatic N) is 1. The first-order valence-corrected chi connectivity index (χ1v) is 7.47. The van der Waals surface area contributed by atoms with Crippen LogP contribution in [-0.2, 0) is 4.79 Å². The Bertz CT molecular complexity index is 492. The lowest BCUT2D eigenvalue weighted by Crippen LogP contribution is -2.43. The monoisotopic (exact) mass is 314 g/mol. The number of anilines is 1. The Morgan fingerprint density at radius 3 is 2.45 bits per heavy atom. The second kappa shape index (κ2) is 5.45. The predicted molar refractivity (Wildman–Crippen MR) is 84.5 cm³/mol. The van der Waals surface area contributed by atoms with Crippen molar-refractivity contribution < 1.29 is 4.79 Å². The molecule has 2 rings (SSSR count). The second-order valence-electron chi connectivity index (χ2n) is 5.72. The van der Waals surface area contributed by atoms with Gasteiger partial charge in [-0.05, 0) is 32.4 Å². The molecule has 20 heavy (non-hydrogen) atoms. The first-order valence-electron chi connectivity index (χ1n) is 6.72. The molecule has 1 N–H and O–H groups in total. The molecule has 1 aromatic carbocycles. The van der Waals surface area contributed by atoms with Crippen LogP contribution in [0.1, 0.15) is 20.3 Å². The molecule has 0 saturated heterocycles. The summed E-state index contributed by atoms with van der Waals surface area (Å²) in [6.07, 6.45) is 0.512. The lowest BCUT2D eigenvalue weighted by Gasteiger charge is -2.27. The summed E-state index contributed by atoms with van der Waals surface area (Å²) in [6.45, 7) is 4.43. The molecule has 0 aromatic heterocycles. The number of benzene rings is 1. The van der Waals surface area contributed by atoms with E-state index in [4.69, 9.17) is 23.2 Å². The van der Waals surface area contributed by atoms with Crippen molar-refractivity contribution >= 4 is 34.8 Å². The van der Waals surface area contributed by atoms with Gasteiger partial charge in [-0.25, -0.2) is 0 Å².